The van der Waals surface area contributed by atoms with E-state index in [-0.39, 0.29) is 45.5 Å². The minimum absolute atomic E-state index is 0.0132. The number of nitro groups is 1. The summed E-state index contributed by atoms with van der Waals surface area (Å²) < 4.78 is 8.16. The van der Waals surface area contributed by atoms with Crippen LogP contribution in [0.3, 0.4) is 0 Å². The van der Waals surface area contributed by atoms with Crippen molar-refractivity contribution in [3.05, 3.63) is 91.3 Å². The van der Waals surface area contributed by atoms with Gasteiger partial charge in [0.2, 0.25) is 0 Å². The molecule has 3 heterocycles. The first-order valence-electron chi connectivity index (χ1n) is 11.8. The largest absolute Gasteiger partial charge is 0.462 e. The number of carbonyl (C=O) groups excluding carboxylic acids is 2. The Morgan fingerprint density at radius 2 is 1.95 bits per heavy atom. The van der Waals surface area contributed by atoms with Gasteiger partial charge < -0.3 is 9.30 Å². The summed E-state index contributed by atoms with van der Waals surface area (Å²) in [6.07, 6.45) is 3.01. The normalized spacial score (nSPS) is 11.7. The second kappa shape index (κ2) is 10.5. The average molecular weight is 504 g/mol. The van der Waals surface area contributed by atoms with Crippen LogP contribution in [0.25, 0.3) is 16.7 Å². The van der Waals surface area contributed by atoms with Crippen LogP contribution in [0.1, 0.15) is 53.0 Å². The van der Waals surface area contributed by atoms with Crippen LogP contribution in [-0.4, -0.2) is 37.4 Å². The zero-order valence-corrected chi connectivity index (χ0v) is 20.6. The molecule has 0 saturated carbocycles. The van der Waals surface area contributed by atoms with Gasteiger partial charge in [-0.2, -0.15) is 4.99 Å². The van der Waals surface area contributed by atoms with E-state index in [2.05, 4.69) is 9.98 Å². The van der Waals surface area contributed by atoms with Crippen molar-refractivity contribution in [2.24, 2.45) is 4.99 Å². The Morgan fingerprint density at radius 3 is 2.65 bits per heavy atom. The summed E-state index contributed by atoms with van der Waals surface area (Å²) in [4.78, 5) is 59.2. The number of fused-ring (bicyclic) bond motifs is 2. The van der Waals surface area contributed by atoms with Crippen LogP contribution >= 0.6 is 0 Å². The molecule has 0 aliphatic rings. The molecule has 11 heteroatoms. The van der Waals surface area contributed by atoms with E-state index >= 15 is 0 Å². The molecule has 190 valence electrons. The molecular formula is C26H25N5O6. The van der Waals surface area contributed by atoms with Gasteiger partial charge in [0.15, 0.2) is 5.49 Å². The Balaban J connectivity index is 2.09. The first-order chi connectivity index (χ1) is 17.8. The van der Waals surface area contributed by atoms with Crippen LogP contribution < -0.4 is 11.0 Å². The average Bonchev–Trinajstić information content (AvgIpc) is 2.88. The van der Waals surface area contributed by atoms with Crippen LogP contribution in [-0.2, 0) is 11.3 Å². The molecule has 0 unspecified atom stereocenters. The van der Waals surface area contributed by atoms with E-state index in [4.69, 9.17) is 4.74 Å². The number of pyridine rings is 2. The molecule has 0 aliphatic carbocycles. The van der Waals surface area contributed by atoms with Crippen molar-refractivity contribution in [3.8, 4) is 0 Å². The van der Waals surface area contributed by atoms with Gasteiger partial charge in [0.05, 0.1) is 16.9 Å². The first kappa shape index (κ1) is 25.4. The molecule has 37 heavy (non-hydrogen) atoms. The number of aryl methyl sites for hydroxylation is 2. The molecule has 1 amide bonds. The molecule has 0 saturated heterocycles. The van der Waals surface area contributed by atoms with Crippen molar-refractivity contribution in [3.63, 3.8) is 0 Å². The van der Waals surface area contributed by atoms with Crippen molar-refractivity contribution >= 4 is 34.2 Å². The third kappa shape index (κ3) is 4.88. The van der Waals surface area contributed by atoms with Gasteiger partial charge in [-0.25, -0.2) is 9.78 Å². The minimum atomic E-state index is -0.782. The van der Waals surface area contributed by atoms with Crippen LogP contribution in [0, 0.1) is 17.0 Å². The zero-order valence-electron chi connectivity index (χ0n) is 20.6. The van der Waals surface area contributed by atoms with Crippen LogP contribution in [0.5, 0.6) is 0 Å². The second-order valence-corrected chi connectivity index (χ2v) is 8.37. The van der Waals surface area contributed by atoms with E-state index < -0.39 is 16.8 Å². The van der Waals surface area contributed by atoms with E-state index in [0.717, 1.165) is 12.5 Å². The molecule has 0 atom stereocenters. The lowest BCUT2D eigenvalue weighted by atomic mass is 10.1. The quantitative estimate of drug-likeness (QED) is 0.163. The number of nitro benzene ring substituents is 1. The Morgan fingerprint density at radius 1 is 1.16 bits per heavy atom. The van der Waals surface area contributed by atoms with Crippen molar-refractivity contribution < 1.29 is 19.2 Å². The Hall–Kier alpha value is -4.67. The van der Waals surface area contributed by atoms with Crippen molar-refractivity contribution in [1.82, 2.24) is 14.0 Å². The highest BCUT2D eigenvalue weighted by Crippen LogP contribution is 2.20. The van der Waals surface area contributed by atoms with Gasteiger partial charge >= 0.3 is 5.97 Å². The van der Waals surface area contributed by atoms with Gasteiger partial charge in [-0.1, -0.05) is 25.5 Å². The molecule has 0 aliphatic heterocycles. The highest BCUT2D eigenvalue weighted by Gasteiger charge is 2.21. The number of unbranched alkanes of at least 4 members (excludes halogenated alkanes) is 1. The predicted octanol–water partition coefficient (Wildman–Crippen LogP) is 3.58. The van der Waals surface area contributed by atoms with E-state index in [9.17, 15) is 24.5 Å². The van der Waals surface area contributed by atoms with E-state index in [1.807, 2.05) is 6.92 Å². The van der Waals surface area contributed by atoms with Crippen LogP contribution in [0.2, 0.25) is 0 Å². The molecule has 3 aromatic heterocycles. The number of aromatic nitrogens is 3. The molecule has 11 nitrogen and oxygen atoms in total. The SMILES string of the molecule is CCCCn1c(=NC(=O)c2ccc(C)c([N+](=O)[O-])c2)c(C(=O)OCC)cc2c(=O)n3ccccc3nc21. The van der Waals surface area contributed by atoms with Crippen molar-refractivity contribution in [2.75, 3.05) is 6.61 Å². The van der Waals surface area contributed by atoms with Crippen molar-refractivity contribution in [1.29, 1.82) is 0 Å². The third-order valence-corrected chi connectivity index (χ3v) is 5.88. The lowest BCUT2D eigenvalue weighted by molar-refractivity contribution is -0.385. The Kier molecular flexibility index (Phi) is 7.23. The highest BCUT2D eigenvalue weighted by molar-refractivity contribution is 5.97. The number of ether oxygens (including phenoxy) is 1. The molecule has 0 fully saturated rings. The lowest BCUT2D eigenvalue weighted by Gasteiger charge is -2.15. The molecule has 0 N–H and O–H groups in total. The smallest absolute Gasteiger partial charge is 0.341 e. The summed E-state index contributed by atoms with van der Waals surface area (Å²) >= 11 is 0. The van der Waals surface area contributed by atoms with Gasteiger partial charge in [-0.3, -0.25) is 24.1 Å². The number of carbonyl (C=O) groups is 2. The maximum atomic E-state index is 13.3. The topological polar surface area (TPSA) is 138 Å². The van der Waals surface area contributed by atoms with Gasteiger partial charge in [-0.05, 0) is 44.5 Å². The summed E-state index contributed by atoms with van der Waals surface area (Å²) in [5.41, 5.74) is 0.332. The predicted molar refractivity (Wildman–Crippen MR) is 136 cm³/mol. The van der Waals surface area contributed by atoms with Gasteiger partial charge in [0, 0.05) is 29.9 Å². The van der Waals surface area contributed by atoms with Gasteiger partial charge in [-0.15, -0.1) is 0 Å². The summed E-state index contributed by atoms with van der Waals surface area (Å²) in [5, 5.41) is 11.6. The van der Waals surface area contributed by atoms with E-state index in [1.165, 1.54) is 22.6 Å². The Bertz CT molecular complexity index is 1690. The maximum absolute atomic E-state index is 13.3. The summed E-state index contributed by atoms with van der Waals surface area (Å²) in [6.45, 7) is 5.57. The maximum Gasteiger partial charge on any atom is 0.341 e. The molecule has 4 aromatic rings. The second-order valence-electron chi connectivity index (χ2n) is 8.37. The fourth-order valence-corrected chi connectivity index (χ4v) is 3.99. The number of nitrogens with zero attached hydrogens (tertiary/aromatic N) is 5. The number of hydrogen-bond acceptors (Lipinski definition) is 7. The molecule has 1 aromatic carbocycles. The minimum Gasteiger partial charge on any atom is -0.462 e. The lowest BCUT2D eigenvalue weighted by Crippen LogP contribution is -2.33. The molecular weight excluding hydrogens is 478 g/mol. The van der Waals surface area contributed by atoms with Gasteiger partial charge in [0.1, 0.15) is 16.9 Å². The molecule has 0 radical (unpaired) electrons. The van der Waals surface area contributed by atoms with Crippen LogP contribution in [0.4, 0.5) is 5.69 Å². The number of amides is 1. The Labute approximate surface area is 210 Å². The number of benzene rings is 1. The van der Waals surface area contributed by atoms with Crippen LogP contribution in [0.15, 0.2) is 58.4 Å². The fraction of sp³-hybridized carbons (Fsp3) is 0.269. The molecule has 0 spiro atoms. The highest BCUT2D eigenvalue weighted by atomic mass is 16.6. The summed E-state index contributed by atoms with van der Waals surface area (Å²) in [7, 11) is 0. The summed E-state index contributed by atoms with van der Waals surface area (Å²) in [5.74, 6) is -1.54. The third-order valence-electron chi connectivity index (χ3n) is 5.88. The van der Waals surface area contributed by atoms with Gasteiger partial charge in [0.25, 0.3) is 17.2 Å². The summed E-state index contributed by atoms with van der Waals surface area (Å²) in [6, 6.07) is 10.5. The number of esters is 1. The zero-order chi connectivity index (χ0) is 26.7. The first-order valence-corrected chi connectivity index (χ1v) is 11.8. The molecule has 0 bridgehead atoms. The standard InChI is InChI=1S/C26H25N5O6/c1-4-6-12-30-22-18(25(33)29-13-8-7-9-21(29)27-22)15-19(26(34)37-5-2)23(30)28-24(32)17-11-10-16(3)20(14-17)31(35)36/h7-11,13-15H,4-6,12H2,1-3H3. The number of rotatable bonds is 7. The van der Waals surface area contributed by atoms with Crippen molar-refractivity contribution in [2.45, 2.75) is 40.2 Å². The number of hydrogen-bond donors (Lipinski definition) is 0. The van der Waals surface area contributed by atoms with E-state index in [0.29, 0.717) is 24.2 Å². The monoisotopic (exact) mass is 503 g/mol. The van der Waals surface area contributed by atoms with E-state index in [1.54, 1.807) is 42.8 Å². The molecule has 4 rings (SSSR count). The fourth-order valence-electron chi connectivity index (χ4n) is 3.99.